The van der Waals surface area contributed by atoms with Gasteiger partial charge < -0.3 is 14.0 Å². The number of unbranched alkanes of at least 4 members (excludes halogenated alkanes) is 1. The largest absolute Gasteiger partial charge is 0.497 e. The van der Waals surface area contributed by atoms with Gasteiger partial charge in [0, 0.05) is 27.8 Å². The molecule has 0 bridgehead atoms. The molecule has 0 spiro atoms. The van der Waals surface area contributed by atoms with Gasteiger partial charge >= 0.3 is 5.97 Å². The fourth-order valence-electron chi connectivity index (χ4n) is 4.58. The summed E-state index contributed by atoms with van der Waals surface area (Å²) in [7, 11) is 3.68. The van der Waals surface area contributed by atoms with Crippen molar-refractivity contribution in [2.24, 2.45) is 7.05 Å². The maximum absolute atomic E-state index is 13.3. The molecule has 0 radical (unpaired) electrons. The highest BCUT2D eigenvalue weighted by molar-refractivity contribution is 9.10. The van der Waals surface area contributed by atoms with Crippen molar-refractivity contribution in [2.45, 2.75) is 19.8 Å². The second kappa shape index (κ2) is 8.14. The third kappa shape index (κ3) is 3.23. The zero-order chi connectivity index (χ0) is 22.4. The Kier molecular flexibility index (Phi) is 5.30. The minimum atomic E-state index is -0.282. The van der Waals surface area contributed by atoms with Crippen LogP contribution in [0.5, 0.6) is 5.75 Å². The van der Waals surface area contributed by atoms with E-state index < -0.39 is 0 Å². The summed E-state index contributed by atoms with van der Waals surface area (Å²) in [6.07, 6.45) is 1.83. The topological polar surface area (TPSA) is 40.5 Å². The van der Waals surface area contributed by atoms with Gasteiger partial charge in [-0.1, -0.05) is 47.5 Å². The van der Waals surface area contributed by atoms with E-state index in [2.05, 4.69) is 57.8 Å². The zero-order valence-electron chi connectivity index (χ0n) is 18.4. The lowest BCUT2D eigenvalue weighted by atomic mass is 9.95. The Morgan fingerprint density at radius 1 is 0.969 bits per heavy atom. The lowest BCUT2D eigenvalue weighted by molar-refractivity contribution is 0.0502. The van der Waals surface area contributed by atoms with Gasteiger partial charge in [0.05, 0.1) is 24.8 Å². The number of aromatic nitrogens is 1. The van der Waals surface area contributed by atoms with Gasteiger partial charge in [-0.05, 0) is 64.4 Å². The standard InChI is InChI=1S/C27H24BrNO3/c1-4-5-12-32-27(30)23-15-21-19(10-7-16-6-9-18(31-3)14-20(16)21)25-22-13-17(28)8-11-24(22)29(2)26(23)25/h6-11,13-15H,4-5,12H2,1-3H3. The number of fused-ring (bicyclic) bond motifs is 7. The number of carbonyl (C=O) groups is 1. The van der Waals surface area contributed by atoms with Gasteiger partial charge in [-0.2, -0.15) is 0 Å². The van der Waals surface area contributed by atoms with Crippen LogP contribution in [-0.4, -0.2) is 24.3 Å². The van der Waals surface area contributed by atoms with E-state index in [0.29, 0.717) is 12.2 Å². The minimum Gasteiger partial charge on any atom is -0.497 e. The number of benzene rings is 4. The van der Waals surface area contributed by atoms with Crippen molar-refractivity contribution in [3.8, 4) is 5.75 Å². The maximum Gasteiger partial charge on any atom is 0.340 e. The Hall–Kier alpha value is -3.05. The summed E-state index contributed by atoms with van der Waals surface area (Å²) in [4.78, 5) is 13.3. The number of aryl methyl sites for hydroxylation is 1. The van der Waals surface area contributed by atoms with Gasteiger partial charge in [0.1, 0.15) is 5.75 Å². The number of methoxy groups -OCH3 is 1. The van der Waals surface area contributed by atoms with Crippen LogP contribution in [-0.2, 0) is 11.8 Å². The van der Waals surface area contributed by atoms with Crippen molar-refractivity contribution >= 4 is 65.2 Å². The molecule has 1 aromatic heterocycles. The molecular formula is C27H24BrNO3. The number of nitrogens with zero attached hydrogens (tertiary/aromatic N) is 1. The monoisotopic (exact) mass is 489 g/mol. The van der Waals surface area contributed by atoms with Gasteiger partial charge in [0.25, 0.3) is 0 Å². The number of hydrogen-bond acceptors (Lipinski definition) is 3. The van der Waals surface area contributed by atoms with Crippen LogP contribution in [0.2, 0.25) is 0 Å². The molecule has 4 aromatic carbocycles. The van der Waals surface area contributed by atoms with E-state index in [4.69, 9.17) is 9.47 Å². The number of rotatable bonds is 5. The third-order valence-electron chi connectivity index (χ3n) is 6.20. The van der Waals surface area contributed by atoms with Crippen LogP contribution in [0, 0.1) is 0 Å². The van der Waals surface area contributed by atoms with Crippen LogP contribution in [0.15, 0.2) is 59.1 Å². The summed E-state index contributed by atoms with van der Waals surface area (Å²) in [6, 6.07) is 18.6. The van der Waals surface area contributed by atoms with Crippen molar-refractivity contribution in [3.05, 3.63) is 64.6 Å². The first-order valence-electron chi connectivity index (χ1n) is 10.8. The molecule has 0 aliphatic heterocycles. The summed E-state index contributed by atoms with van der Waals surface area (Å²) in [5, 5.41) is 6.45. The van der Waals surface area contributed by atoms with E-state index in [0.717, 1.165) is 66.4 Å². The van der Waals surface area contributed by atoms with E-state index in [1.165, 1.54) is 0 Å². The Bertz CT molecular complexity index is 1520. The van der Waals surface area contributed by atoms with E-state index >= 15 is 0 Å². The van der Waals surface area contributed by atoms with E-state index in [-0.39, 0.29) is 5.97 Å². The van der Waals surface area contributed by atoms with E-state index in [9.17, 15) is 4.79 Å². The van der Waals surface area contributed by atoms with Gasteiger partial charge in [-0.25, -0.2) is 4.79 Å². The fourth-order valence-corrected chi connectivity index (χ4v) is 4.94. The smallest absolute Gasteiger partial charge is 0.340 e. The van der Waals surface area contributed by atoms with Gasteiger partial charge in [0.15, 0.2) is 0 Å². The molecule has 4 nitrogen and oxygen atoms in total. The van der Waals surface area contributed by atoms with Crippen molar-refractivity contribution in [1.82, 2.24) is 4.57 Å². The first-order chi connectivity index (χ1) is 15.5. The quantitative estimate of drug-likeness (QED) is 0.147. The highest BCUT2D eigenvalue weighted by Gasteiger charge is 2.21. The summed E-state index contributed by atoms with van der Waals surface area (Å²) in [6.45, 7) is 2.51. The minimum absolute atomic E-state index is 0.282. The van der Waals surface area contributed by atoms with Crippen molar-refractivity contribution in [3.63, 3.8) is 0 Å². The molecule has 5 rings (SSSR count). The molecule has 0 saturated heterocycles. The summed E-state index contributed by atoms with van der Waals surface area (Å²) in [5.41, 5.74) is 2.56. The number of esters is 1. The van der Waals surface area contributed by atoms with Crippen molar-refractivity contribution < 1.29 is 14.3 Å². The Balaban J connectivity index is 1.94. The van der Waals surface area contributed by atoms with Crippen LogP contribution in [0.3, 0.4) is 0 Å². The molecule has 0 N–H and O–H groups in total. The van der Waals surface area contributed by atoms with Gasteiger partial charge in [-0.15, -0.1) is 0 Å². The SMILES string of the molecule is CCCCOC(=O)c1cc2c3cc(OC)ccc3ccc2c2c3cc(Br)ccc3n(C)c12. The van der Waals surface area contributed by atoms with Gasteiger partial charge in [0.2, 0.25) is 0 Å². The van der Waals surface area contributed by atoms with Crippen LogP contribution < -0.4 is 4.74 Å². The lowest BCUT2D eigenvalue weighted by Crippen LogP contribution is -2.08. The van der Waals surface area contributed by atoms with Crippen LogP contribution in [0.1, 0.15) is 30.1 Å². The highest BCUT2D eigenvalue weighted by atomic mass is 79.9. The molecule has 0 fully saturated rings. The molecule has 0 amide bonds. The average Bonchev–Trinajstić information content (AvgIpc) is 3.10. The number of hydrogen-bond donors (Lipinski definition) is 0. The maximum atomic E-state index is 13.3. The van der Waals surface area contributed by atoms with E-state index in [1.54, 1.807) is 7.11 Å². The molecule has 5 aromatic rings. The van der Waals surface area contributed by atoms with E-state index in [1.807, 2.05) is 31.3 Å². The Labute approximate surface area is 194 Å². The normalized spacial score (nSPS) is 11.6. The summed E-state index contributed by atoms with van der Waals surface area (Å²) >= 11 is 3.62. The third-order valence-corrected chi connectivity index (χ3v) is 6.69. The molecule has 0 aliphatic rings. The summed E-state index contributed by atoms with van der Waals surface area (Å²) < 4.78 is 14.3. The molecule has 0 saturated carbocycles. The number of halogens is 1. The zero-order valence-corrected chi connectivity index (χ0v) is 20.0. The second-order valence-corrected chi connectivity index (χ2v) is 9.02. The first-order valence-corrected chi connectivity index (χ1v) is 11.6. The number of carbonyl (C=O) groups excluding carboxylic acids is 1. The highest BCUT2D eigenvalue weighted by Crippen LogP contribution is 2.40. The molecule has 32 heavy (non-hydrogen) atoms. The molecule has 0 atom stereocenters. The Morgan fingerprint density at radius 2 is 1.78 bits per heavy atom. The predicted molar refractivity (Wildman–Crippen MR) is 135 cm³/mol. The molecule has 0 unspecified atom stereocenters. The van der Waals surface area contributed by atoms with Crippen LogP contribution in [0.25, 0.3) is 43.4 Å². The average molecular weight is 490 g/mol. The van der Waals surface area contributed by atoms with Crippen LogP contribution >= 0.6 is 15.9 Å². The van der Waals surface area contributed by atoms with Gasteiger partial charge in [-0.3, -0.25) is 0 Å². The molecule has 0 aliphatic carbocycles. The second-order valence-electron chi connectivity index (χ2n) is 8.11. The molecule has 162 valence electrons. The molecular weight excluding hydrogens is 466 g/mol. The number of ether oxygens (including phenoxy) is 2. The molecule has 1 heterocycles. The Morgan fingerprint density at radius 3 is 2.56 bits per heavy atom. The molecule has 5 heteroatoms. The predicted octanol–water partition coefficient (Wildman–Crippen LogP) is 7.37. The van der Waals surface area contributed by atoms with Crippen LogP contribution in [0.4, 0.5) is 0 Å². The lowest BCUT2D eigenvalue weighted by Gasteiger charge is -2.12. The van der Waals surface area contributed by atoms with Crippen molar-refractivity contribution in [1.29, 1.82) is 0 Å². The van der Waals surface area contributed by atoms with Crippen molar-refractivity contribution in [2.75, 3.05) is 13.7 Å². The fraction of sp³-hybridized carbons (Fsp3) is 0.222. The summed E-state index contributed by atoms with van der Waals surface area (Å²) in [5.74, 6) is 0.507. The first kappa shape index (κ1) is 20.8.